The number of nitrogens with one attached hydrogen (secondary N) is 1. The van der Waals surface area contributed by atoms with Crippen LogP contribution >= 0.6 is 0 Å². The van der Waals surface area contributed by atoms with Crippen molar-refractivity contribution >= 4 is 0 Å². The van der Waals surface area contributed by atoms with Gasteiger partial charge >= 0.3 is 0 Å². The Morgan fingerprint density at radius 1 is 1.32 bits per heavy atom. The fourth-order valence-corrected chi connectivity index (χ4v) is 2.94. The van der Waals surface area contributed by atoms with E-state index >= 15 is 0 Å². The summed E-state index contributed by atoms with van der Waals surface area (Å²) in [7, 11) is 1.81. The van der Waals surface area contributed by atoms with E-state index in [-0.39, 0.29) is 0 Å². The zero-order valence-corrected chi connectivity index (χ0v) is 12.4. The van der Waals surface area contributed by atoms with E-state index in [1.54, 1.807) is 0 Å². The van der Waals surface area contributed by atoms with Gasteiger partial charge in [-0.1, -0.05) is 37.3 Å². The molecule has 2 rings (SSSR count). The van der Waals surface area contributed by atoms with E-state index in [0.717, 1.165) is 24.8 Å². The number of methoxy groups -OCH3 is 1. The summed E-state index contributed by atoms with van der Waals surface area (Å²) in [4.78, 5) is 0. The molecule has 1 aliphatic carbocycles. The lowest BCUT2D eigenvalue weighted by Gasteiger charge is -2.22. The van der Waals surface area contributed by atoms with Gasteiger partial charge in [-0.25, -0.2) is 0 Å². The lowest BCUT2D eigenvalue weighted by atomic mass is 10.0. The summed E-state index contributed by atoms with van der Waals surface area (Å²) >= 11 is 0. The number of hydrogen-bond acceptors (Lipinski definition) is 2. The summed E-state index contributed by atoms with van der Waals surface area (Å²) in [6.45, 7) is 5.50. The Kier molecular flexibility index (Phi) is 5.41. The largest absolute Gasteiger partial charge is 0.382 e. The fourth-order valence-electron chi connectivity index (χ4n) is 2.94. The molecule has 0 spiro atoms. The van der Waals surface area contributed by atoms with Crippen LogP contribution in [0.2, 0.25) is 0 Å². The number of hydrogen-bond donors (Lipinski definition) is 1. The van der Waals surface area contributed by atoms with Crippen molar-refractivity contribution in [3.8, 4) is 0 Å². The van der Waals surface area contributed by atoms with Gasteiger partial charge in [-0.2, -0.15) is 0 Å². The van der Waals surface area contributed by atoms with Crippen molar-refractivity contribution < 1.29 is 4.74 Å². The van der Waals surface area contributed by atoms with Crippen molar-refractivity contribution in [1.29, 1.82) is 0 Å². The molecule has 106 valence electrons. The quantitative estimate of drug-likeness (QED) is 0.772. The van der Waals surface area contributed by atoms with Gasteiger partial charge in [-0.05, 0) is 50.1 Å². The van der Waals surface area contributed by atoms with Crippen molar-refractivity contribution in [1.82, 2.24) is 5.32 Å². The van der Waals surface area contributed by atoms with Crippen LogP contribution in [0.3, 0.4) is 0 Å². The van der Waals surface area contributed by atoms with Crippen LogP contribution < -0.4 is 5.32 Å². The SMILES string of the molecule is CCCNC(CC(C)OC)C1CC1c1ccccc1. The Morgan fingerprint density at radius 3 is 2.68 bits per heavy atom. The average molecular weight is 261 g/mol. The van der Waals surface area contributed by atoms with Crippen LogP contribution in [-0.2, 0) is 4.74 Å². The van der Waals surface area contributed by atoms with Crippen LogP contribution in [0.25, 0.3) is 0 Å². The van der Waals surface area contributed by atoms with Crippen LogP contribution in [-0.4, -0.2) is 25.8 Å². The van der Waals surface area contributed by atoms with Gasteiger partial charge < -0.3 is 10.1 Å². The van der Waals surface area contributed by atoms with Crippen LogP contribution in [0.4, 0.5) is 0 Å². The third-order valence-electron chi connectivity index (χ3n) is 4.23. The molecule has 1 aromatic rings. The first-order chi connectivity index (χ1) is 9.26. The van der Waals surface area contributed by atoms with E-state index in [2.05, 4.69) is 49.5 Å². The minimum absolute atomic E-state index is 0.339. The van der Waals surface area contributed by atoms with E-state index in [4.69, 9.17) is 4.74 Å². The molecule has 1 aliphatic rings. The van der Waals surface area contributed by atoms with Crippen LogP contribution in [0.1, 0.15) is 44.6 Å². The summed E-state index contributed by atoms with van der Waals surface area (Å²) in [5.41, 5.74) is 1.50. The number of benzene rings is 1. The molecule has 2 heteroatoms. The van der Waals surface area contributed by atoms with Gasteiger partial charge in [0.05, 0.1) is 6.10 Å². The van der Waals surface area contributed by atoms with E-state index in [9.17, 15) is 0 Å². The minimum Gasteiger partial charge on any atom is -0.382 e. The van der Waals surface area contributed by atoms with Crippen molar-refractivity contribution in [2.24, 2.45) is 5.92 Å². The number of ether oxygens (including phenoxy) is 1. The van der Waals surface area contributed by atoms with Gasteiger partial charge in [0.1, 0.15) is 0 Å². The van der Waals surface area contributed by atoms with Crippen LogP contribution in [0.5, 0.6) is 0 Å². The molecule has 0 radical (unpaired) electrons. The summed E-state index contributed by atoms with van der Waals surface area (Å²) < 4.78 is 5.44. The second-order valence-electron chi connectivity index (χ2n) is 5.76. The van der Waals surface area contributed by atoms with Gasteiger partial charge in [0.2, 0.25) is 0 Å². The van der Waals surface area contributed by atoms with Crippen molar-refractivity contribution in [2.45, 2.75) is 51.2 Å². The molecule has 1 saturated carbocycles. The van der Waals surface area contributed by atoms with Gasteiger partial charge in [-0.3, -0.25) is 0 Å². The van der Waals surface area contributed by atoms with Gasteiger partial charge in [-0.15, -0.1) is 0 Å². The lowest BCUT2D eigenvalue weighted by Crippen LogP contribution is -2.35. The predicted octanol–water partition coefficient (Wildman–Crippen LogP) is 3.58. The summed E-state index contributed by atoms with van der Waals surface area (Å²) in [6, 6.07) is 11.5. The van der Waals surface area contributed by atoms with Crippen LogP contribution in [0, 0.1) is 5.92 Å². The van der Waals surface area contributed by atoms with E-state index in [1.807, 2.05) is 7.11 Å². The second-order valence-corrected chi connectivity index (χ2v) is 5.76. The second kappa shape index (κ2) is 7.06. The normalized spacial score (nSPS) is 25.0. The Morgan fingerprint density at radius 2 is 2.05 bits per heavy atom. The topological polar surface area (TPSA) is 21.3 Å². The molecule has 0 heterocycles. The fraction of sp³-hybridized carbons (Fsp3) is 0.647. The van der Waals surface area contributed by atoms with Crippen molar-refractivity contribution in [2.75, 3.05) is 13.7 Å². The van der Waals surface area contributed by atoms with Crippen molar-refractivity contribution in [3.63, 3.8) is 0 Å². The minimum atomic E-state index is 0.339. The zero-order valence-electron chi connectivity index (χ0n) is 12.4. The maximum absolute atomic E-state index is 5.44. The molecule has 0 saturated heterocycles. The van der Waals surface area contributed by atoms with Crippen LogP contribution in [0.15, 0.2) is 30.3 Å². The first-order valence-electron chi connectivity index (χ1n) is 7.57. The maximum Gasteiger partial charge on any atom is 0.0558 e. The highest BCUT2D eigenvalue weighted by molar-refractivity contribution is 5.26. The summed E-state index contributed by atoms with van der Waals surface area (Å²) in [6.07, 6.45) is 3.97. The molecule has 1 aromatic carbocycles. The Balaban J connectivity index is 1.93. The van der Waals surface area contributed by atoms with Gasteiger partial charge in [0, 0.05) is 13.2 Å². The standard InChI is InChI=1S/C17H27NO/c1-4-10-18-17(11-13(2)19-3)16-12-15(16)14-8-6-5-7-9-14/h5-9,13,15-18H,4,10-12H2,1-3H3. The predicted molar refractivity (Wildman–Crippen MR) is 80.5 cm³/mol. The molecule has 0 aliphatic heterocycles. The van der Waals surface area contributed by atoms with E-state index < -0.39 is 0 Å². The molecule has 1 N–H and O–H groups in total. The Labute approximate surface area is 117 Å². The molecule has 0 amide bonds. The third kappa shape index (κ3) is 4.05. The Bertz CT molecular complexity index is 365. The molecule has 0 aromatic heterocycles. The Hall–Kier alpha value is -0.860. The molecule has 4 unspecified atom stereocenters. The molecule has 4 atom stereocenters. The third-order valence-corrected chi connectivity index (χ3v) is 4.23. The molecule has 0 bridgehead atoms. The van der Waals surface area contributed by atoms with E-state index in [0.29, 0.717) is 12.1 Å². The van der Waals surface area contributed by atoms with Gasteiger partial charge in [0.25, 0.3) is 0 Å². The molecule has 1 fully saturated rings. The highest BCUT2D eigenvalue weighted by atomic mass is 16.5. The lowest BCUT2D eigenvalue weighted by molar-refractivity contribution is 0.0974. The molecular formula is C17H27NO. The van der Waals surface area contributed by atoms with Gasteiger partial charge in [0.15, 0.2) is 0 Å². The highest BCUT2D eigenvalue weighted by Crippen LogP contribution is 2.50. The molecule has 2 nitrogen and oxygen atoms in total. The zero-order chi connectivity index (χ0) is 13.7. The first-order valence-corrected chi connectivity index (χ1v) is 7.57. The smallest absolute Gasteiger partial charge is 0.0558 e. The highest BCUT2D eigenvalue weighted by Gasteiger charge is 2.43. The first kappa shape index (κ1) is 14.5. The van der Waals surface area contributed by atoms with Crippen molar-refractivity contribution in [3.05, 3.63) is 35.9 Å². The summed E-state index contributed by atoms with van der Waals surface area (Å²) in [5.74, 6) is 1.53. The molecular weight excluding hydrogens is 234 g/mol. The average Bonchev–Trinajstić information content (AvgIpc) is 3.24. The summed E-state index contributed by atoms with van der Waals surface area (Å²) in [5, 5.41) is 3.72. The monoisotopic (exact) mass is 261 g/mol. The molecule has 19 heavy (non-hydrogen) atoms. The number of rotatable bonds is 8. The maximum atomic E-state index is 5.44. The van der Waals surface area contributed by atoms with E-state index in [1.165, 1.54) is 18.4 Å².